The van der Waals surface area contributed by atoms with Gasteiger partial charge in [-0.2, -0.15) is 0 Å². The molecule has 2 fully saturated rings. The average molecular weight is 357 g/mol. The Morgan fingerprint density at radius 1 is 1.19 bits per heavy atom. The second kappa shape index (κ2) is 5.72. The Hall–Kier alpha value is -2.57. The molecule has 2 heterocycles. The maximum Gasteiger partial charge on any atom is 0.307 e. The molecular weight excluding hydrogens is 337 g/mol. The molecule has 1 unspecified atom stereocenters. The van der Waals surface area contributed by atoms with Crippen LogP contribution in [0.25, 0.3) is 11.0 Å². The molecule has 1 aliphatic heterocycles. The molecule has 1 N–H and O–H groups in total. The number of carboxylic acid groups (broad SMARTS) is 1. The van der Waals surface area contributed by atoms with Gasteiger partial charge in [-0.1, -0.05) is 0 Å². The molecule has 2 aliphatic rings. The summed E-state index contributed by atoms with van der Waals surface area (Å²) in [7, 11) is 0. The Bertz CT molecular complexity index is 935. The van der Waals surface area contributed by atoms with Crippen LogP contribution >= 0.6 is 0 Å². The SMILES string of the molecule is Cc1nc2cc(F)cc(C(=O)N3CCC4(CC3)CC4C(=O)O)c2nc1C. The van der Waals surface area contributed by atoms with Gasteiger partial charge in [-0.05, 0) is 44.6 Å². The van der Waals surface area contributed by atoms with Crippen molar-refractivity contribution in [1.82, 2.24) is 14.9 Å². The lowest BCUT2D eigenvalue weighted by Crippen LogP contribution is -2.40. The normalized spacial score (nSPS) is 21.2. The summed E-state index contributed by atoms with van der Waals surface area (Å²) in [5.74, 6) is -1.82. The van der Waals surface area contributed by atoms with Crippen LogP contribution in [0.2, 0.25) is 0 Å². The van der Waals surface area contributed by atoms with E-state index in [4.69, 9.17) is 0 Å². The van der Waals surface area contributed by atoms with Gasteiger partial charge in [-0.3, -0.25) is 9.59 Å². The van der Waals surface area contributed by atoms with Crippen LogP contribution in [-0.4, -0.2) is 44.9 Å². The number of hydrogen-bond acceptors (Lipinski definition) is 4. The van der Waals surface area contributed by atoms with Gasteiger partial charge in [0.1, 0.15) is 11.3 Å². The number of benzene rings is 1. The Labute approximate surface area is 150 Å². The number of piperidine rings is 1. The number of aromatic nitrogens is 2. The number of aryl methyl sites for hydroxylation is 2. The van der Waals surface area contributed by atoms with Gasteiger partial charge < -0.3 is 10.0 Å². The summed E-state index contributed by atoms with van der Waals surface area (Å²) < 4.78 is 14.0. The van der Waals surface area contributed by atoms with Crippen molar-refractivity contribution in [1.29, 1.82) is 0 Å². The molecule has 0 radical (unpaired) electrons. The summed E-state index contributed by atoms with van der Waals surface area (Å²) >= 11 is 0. The Morgan fingerprint density at radius 2 is 1.85 bits per heavy atom. The van der Waals surface area contributed by atoms with Crippen molar-refractivity contribution in [3.8, 4) is 0 Å². The molecule has 2 aromatic rings. The molecular formula is C19H20FN3O3. The third kappa shape index (κ3) is 2.62. The quantitative estimate of drug-likeness (QED) is 0.893. The van der Waals surface area contributed by atoms with E-state index in [-0.39, 0.29) is 22.8 Å². The number of rotatable bonds is 2. The largest absolute Gasteiger partial charge is 0.481 e. The van der Waals surface area contributed by atoms with E-state index < -0.39 is 11.8 Å². The smallest absolute Gasteiger partial charge is 0.307 e. The average Bonchev–Trinajstić information content (AvgIpc) is 3.30. The van der Waals surface area contributed by atoms with Crippen LogP contribution < -0.4 is 0 Å². The second-order valence-corrected chi connectivity index (χ2v) is 7.47. The minimum Gasteiger partial charge on any atom is -0.481 e. The molecule has 1 saturated heterocycles. The van der Waals surface area contributed by atoms with Crippen LogP contribution in [0.4, 0.5) is 4.39 Å². The number of carboxylic acids is 1. The van der Waals surface area contributed by atoms with Crippen LogP contribution in [-0.2, 0) is 4.79 Å². The van der Waals surface area contributed by atoms with Crippen molar-refractivity contribution in [2.24, 2.45) is 11.3 Å². The van der Waals surface area contributed by atoms with Crippen LogP contribution in [0.5, 0.6) is 0 Å². The van der Waals surface area contributed by atoms with Gasteiger partial charge in [-0.25, -0.2) is 14.4 Å². The van der Waals surface area contributed by atoms with E-state index in [0.717, 1.165) is 0 Å². The molecule has 1 saturated carbocycles. The molecule has 1 aromatic heterocycles. The van der Waals surface area contributed by atoms with E-state index in [1.54, 1.807) is 11.8 Å². The number of hydrogen-bond donors (Lipinski definition) is 1. The van der Waals surface area contributed by atoms with Crippen LogP contribution in [0.15, 0.2) is 12.1 Å². The van der Waals surface area contributed by atoms with E-state index in [1.165, 1.54) is 12.1 Å². The van der Waals surface area contributed by atoms with Crippen molar-refractivity contribution in [3.05, 3.63) is 34.9 Å². The van der Waals surface area contributed by atoms with E-state index in [0.29, 0.717) is 54.8 Å². The molecule has 26 heavy (non-hydrogen) atoms. The molecule has 1 aromatic carbocycles. The first kappa shape index (κ1) is 16.9. The molecule has 7 heteroatoms. The summed E-state index contributed by atoms with van der Waals surface area (Å²) in [6, 6.07) is 2.51. The first-order valence-electron chi connectivity index (χ1n) is 8.77. The maximum atomic E-state index is 14.0. The number of aliphatic carboxylic acids is 1. The summed E-state index contributed by atoms with van der Waals surface area (Å²) in [6.45, 7) is 4.58. The lowest BCUT2D eigenvalue weighted by molar-refractivity contribution is -0.139. The number of carbonyl (C=O) groups is 2. The van der Waals surface area contributed by atoms with Gasteiger partial charge in [0.05, 0.1) is 28.4 Å². The minimum absolute atomic E-state index is 0.153. The number of carbonyl (C=O) groups excluding carboxylic acids is 1. The Kier molecular flexibility index (Phi) is 3.71. The molecule has 1 aliphatic carbocycles. The van der Waals surface area contributed by atoms with Gasteiger partial charge in [0.15, 0.2) is 0 Å². The first-order valence-corrected chi connectivity index (χ1v) is 8.77. The monoisotopic (exact) mass is 357 g/mol. The zero-order valence-corrected chi connectivity index (χ0v) is 14.8. The van der Waals surface area contributed by atoms with Crippen LogP contribution in [0.1, 0.15) is 41.0 Å². The second-order valence-electron chi connectivity index (χ2n) is 7.47. The molecule has 1 amide bonds. The zero-order valence-electron chi connectivity index (χ0n) is 14.8. The van der Waals surface area contributed by atoms with Gasteiger partial charge in [0.25, 0.3) is 5.91 Å². The number of likely N-dealkylation sites (tertiary alicyclic amines) is 1. The predicted molar refractivity (Wildman–Crippen MR) is 92.3 cm³/mol. The number of nitrogens with zero attached hydrogens (tertiary/aromatic N) is 3. The highest BCUT2D eigenvalue weighted by atomic mass is 19.1. The summed E-state index contributed by atoms with van der Waals surface area (Å²) in [6.07, 6.45) is 2.04. The number of fused-ring (bicyclic) bond motifs is 1. The highest BCUT2D eigenvalue weighted by molar-refractivity contribution is 6.04. The van der Waals surface area contributed by atoms with Gasteiger partial charge in [-0.15, -0.1) is 0 Å². The van der Waals surface area contributed by atoms with Crippen LogP contribution in [0.3, 0.4) is 0 Å². The van der Waals surface area contributed by atoms with E-state index in [9.17, 15) is 19.1 Å². The highest BCUT2D eigenvalue weighted by Gasteiger charge is 2.59. The molecule has 136 valence electrons. The van der Waals surface area contributed by atoms with E-state index in [1.807, 2.05) is 6.92 Å². The van der Waals surface area contributed by atoms with Crippen molar-refractivity contribution >= 4 is 22.9 Å². The molecule has 1 spiro atoms. The minimum atomic E-state index is -0.748. The Morgan fingerprint density at radius 3 is 2.46 bits per heavy atom. The third-order valence-electron chi connectivity index (χ3n) is 5.91. The molecule has 6 nitrogen and oxygen atoms in total. The predicted octanol–water partition coefficient (Wildman–Crippen LogP) is 2.71. The van der Waals surface area contributed by atoms with Crippen molar-refractivity contribution < 1.29 is 19.1 Å². The molecule has 0 bridgehead atoms. The summed E-state index contributed by atoms with van der Waals surface area (Å²) in [4.78, 5) is 34.6. The number of halogens is 1. The van der Waals surface area contributed by atoms with Crippen molar-refractivity contribution in [3.63, 3.8) is 0 Å². The lowest BCUT2D eigenvalue weighted by atomic mass is 9.90. The topological polar surface area (TPSA) is 83.4 Å². The fourth-order valence-corrected chi connectivity index (χ4v) is 4.04. The van der Waals surface area contributed by atoms with Gasteiger partial charge in [0.2, 0.25) is 0 Å². The zero-order chi connectivity index (χ0) is 18.6. The van der Waals surface area contributed by atoms with Crippen LogP contribution in [0, 0.1) is 31.0 Å². The molecule has 1 atom stereocenters. The fourth-order valence-electron chi connectivity index (χ4n) is 4.04. The number of amides is 1. The van der Waals surface area contributed by atoms with Gasteiger partial charge >= 0.3 is 5.97 Å². The van der Waals surface area contributed by atoms with Crippen molar-refractivity contribution in [2.45, 2.75) is 33.1 Å². The standard InChI is InChI=1S/C19H20FN3O3/c1-10-11(2)22-16-13(7-12(20)8-15(16)21-10)17(24)23-5-3-19(4-6-23)9-14(19)18(25)26/h7-8,14H,3-6,9H2,1-2H3,(H,25,26). The first-order chi connectivity index (χ1) is 12.3. The Balaban J connectivity index is 1.61. The maximum absolute atomic E-state index is 14.0. The summed E-state index contributed by atoms with van der Waals surface area (Å²) in [5, 5.41) is 9.18. The van der Waals surface area contributed by atoms with Gasteiger partial charge in [0, 0.05) is 19.2 Å². The lowest BCUT2D eigenvalue weighted by Gasteiger charge is -2.32. The highest BCUT2D eigenvalue weighted by Crippen LogP contribution is 2.59. The van der Waals surface area contributed by atoms with E-state index >= 15 is 0 Å². The van der Waals surface area contributed by atoms with E-state index in [2.05, 4.69) is 9.97 Å². The molecule has 4 rings (SSSR count). The van der Waals surface area contributed by atoms with Crippen molar-refractivity contribution in [2.75, 3.05) is 13.1 Å². The fraction of sp³-hybridized carbons (Fsp3) is 0.474. The third-order valence-corrected chi connectivity index (χ3v) is 5.91. The summed E-state index contributed by atoms with van der Waals surface area (Å²) in [5.41, 5.74) is 2.26.